The third-order valence-electron chi connectivity index (χ3n) is 5.00. The molecule has 2 aliphatic rings. The van der Waals surface area contributed by atoms with Gasteiger partial charge in [0, 0.05) is 10.1 Å². The summed E-state index contributed by atoms with van der Waals surface area (Å²) in [6.07, 6.45) is 0. The third kappa shape index (κ3) is 2.80. The summed E-state index contributed by atoms with van der Waals surface area (Å²) in [5.74, 6) is -1.39. The van der Waals surface area contributed by atoms with Crippen molar-refractivity contribution < 1.29 is 19.5 Å². The molecule has 8 heteroatoms. The number of rotatable bonds is 3. The van der Waals surface area contributed by atoms with E-state index in [1.54, 1.807) is 19.9 Å². The van der Waals surface area contributed by atoms with E-state index in [9.17, 15) is 19.5 Å². The van der Waals surface area contributed by atoms with Crippen molar-refractivity contribution in [2.24, 2.45) is 0 Å². The SMILES string of the molecule is CC1(C)S[C@@H]2[C@H](NC(=O)Nc3cccc4ccccc34)C(=O)N2[C@@H]1C(=O)O. The molecule has 140 valence electrons. The largest absolute Gasteiger partial charge is 0.480 e. The van der Waals surface area contributed by atoms with Crippen molar-refractivity contribution in [1.82, 2.24) is 10.2 Å². The Balaban J connectivity index is 1.48. The summed E-state index contributed by atoms with van der Waals surface area (Å²) in [6, 6.07) is 11.2. The van der Waals surface area contributed by atoms with Crippen molar-refractivity contribution in [2.75, 3.05) is 5.32 Å². The predicted molar refractivity (Wildman–Crippen MR) is 104 cm³/mol. The Morgan fingerprint density at radius 2 is 1.85 bits per heavy atom. The first-order valence-corrected chi connectivity index (χ1v) is 9.45. The number of hydrogen-bond acceptors (Lipinski definition) is 4. The number of anilines is 1. The Hall–Kier alpha value is -2.74. The number of nitrogens with zero attached hydrogens (tertiary/aromatic N) is 1. The van der Waals surface area contributed by atoms with Crippen molar-refractivity contribution in [3.63, 3.8) is 0 Å². The topological polar surface area (TPSA) is 98.7 Å². The van der Waals surface area contributed by atoms with E-state index in [1.807, 2.05) is 36.4 Å². The lowest BCUT2D eigenvalue weighted by molar-refractivity contribution is -0.159. The number of carbonyl (C=O) groups excluding carboxylic acids is 2. The fraction of sp³-hybridized carbons (Fsp3) is 0.316. The van der Waals surface area contributed by atoms with Crippen molar-refractivity contribution in [1.29, 1.82) is 0 Å². The molecule has 0 bridgehead atoms. The van der Waals surface area contributed by atoms with Gasteiger partial charge in [0.15, 0.2) is 0 Å². The predicted octanol–water partition coefficient (Wildman–Crippen LogP) is 2.48. The van der Waals surface area contributed by atoms with Crippen LogP contribution in [0.3, 0.4) is 0 Å². The standard InChI is InChI=1S/C19H19N3O4S/c1-19(2)14(17(24)25)22-15(23)13(16(22)27-19)21-18(26)20-12-9-5-7-10-6-3-4-8-11(10)12/h3-9,13-14,16H,1-2H3,(H,24,25)(H2,20,21,26)/t13-,14-,16-/m1/s1. The lowest BCUT2D eigenvalue weighted by Gasteiger charge is -2.43. The van der Waals surface area contributed by atoms with E-state index >= 15 is 0 Å². The van der Waals surface area contributed by atoms with Crippen LogP contribution in [-0.4, -0.2) is 50.1 Å². The second-order valence-corrected chi connectivity index (χ2v) is 8.97. The second kappa shape index (κ2) is 6.16. The molecule has 3 amide bonds. The van der Waals surface area contributed by atoms with Gasteiger partial charge in [-0.3, -0.25) is 4.79 Å². The molecule has 0 spiro atoms. The molecule has 4 rings (SSSR count). The highest BCUT2D eigenvalue weighted by molar-refractivity contribution is 8.01. The van der Waals surface area contributed by atoms with Crippen molar-refractivity contribution in [3.05, 3.63) is 42.5 Å². The smallest absolute Gasteiger partial charge is 0.327 e. The fourth-order valence-electron chi connectivity index (χ4n) is 3.78. The van der Waals surface area contributed by atoms with Crippen molar-refractivity contribution >= 4 is 46.1 Å². The average molecular weight is 385 g/mol. The number of fused-ring (bicyclic) bond motifs is 2. The normalized spacial score (nSPS) is 25.6. The highest BCUT2D eigenvalue weighted by Gasteiger charge is 2.64. The quantitative estimate of drug-likeness (QED) is 0.705. The number of thioether (sulfide) groups is 1. The molecule has 0 aliphatic carbocycles. The molecule has 3 N–H and O–H groups in total. The number of nitrogens with one attached hydrogen (secondary N) is 2. The van der Waals surface area contributed by atoms with Crippen LogP contribution in [0.5, 0.6) is 0 Å². The van der Waals surface area contributed by atoms with Gasteiger partial charge in [-0.25, -0.2) is 9.59 Å². The van der Waals surface area contributed by atoms with E-state index in [0.29, 0.717) is 5.69 Å². The van der Waals surface area contributed by atoms with Gasteiger partial charge in [0.25, 0.3) is 0 Å². The van der Waals surface area contributed by atoms with Crippen LogP contribution in [0, 0.1) is 0 Å². The number of carboxylic acid groups (broad SMARTS) is 1. The third-order valence-corrected chi connectivity index (χ3v) is 6.57. The zero-order chi connectivity index (χ0) is 19.3. The van der Waals surface area contributed by atoms with Crippen LogP contribution in [0.4, 0.5) is 10.5 Å². The van der Waals surface area contributed by atoms with Gasteiger partial charge in [0.05, 0.1) is 5.69 Å². The van der Waals surface area contributed by atoms with Gasteiger partial charge < -0.3 is 20.6 Å². The van der Waals surface area contributed by atoms with Crippen LogP contribution in [0.2, 0.25) is 0 Å². The van der Waals surface area contributed by atoms with Gasteiger partial charge in [-0.05, 0) is 25.3 Å². The Kier molecular flexibility index (Phi) is 4.03. The maximum atomic E-state index is 12.5. The number of carbonyl (C=O) groups is 3. The zero-order valence-corrected chi connectivity index (χ0v) is 15.6. The van der Waals surface area contributed by atoms with Crippen LogP contribution >= 0.6 is 11.8 Å². The summed E-state index contributed by atoms with van der Waals surface area (Å²) >= 11 is 1.40. The van der Waals surface area contributed by atoms with E-state index in [2.05, 4.69) is 10.6 Å². The molecular formula is C19H19N3O4S. The van der Waals surface area contributed by atoms with E-state index in [-0.39, 0.29) is 11.3 Å². The summed E-state index contributed by atoms with van der Waals surface area (Å²) in [6.45, 7) is 3.60. The van der Waals surface area contributed by atoms with E-state index in [4.69, 9.17) is 0 Å². The Labute approximate surface area is 160 Å². The molecule has 2 aromatic rings. The van der Waals surface area contributed by atoms with Gasteiger partial charge >= 0.3 is 12.0 Å². The summed E-state index contributed by atoms with van der Waals surface area (Å²) in [4.78, 5) is 37.8. The molecule has 2 aromatic carbocycles. The highest BCUT2D eigenvalue weighted by atomic mass is 32.2. The van der Waals surface area contributed by atoms with E-state index in [1.165, 1.54) is 16.7 Å². The molecule has 0 saturated carbocycles. The molecule has 2 aliphatic heterocycles. The maximum absolute atomic E-state index is 12.5. The molecule has 2 saturated heterocycles. The minimum atomic E-state index is -1.03. The average Bonchev–Trinajstić information content (AvgIpc) is 2.88. The number of benzene rings is 2. The number of β-lactam (4-membered cyclic amide) rings is 1. The maximum Gasteiger partial charge on any atom is 0.327 e. The number of hydrogen-bond donors (Lipinski definition) is 3. The molecule has 2 fully saturated rings. The van der Waals surface area contributed by atoms with Gasteiger partial charge in [0.1, 0.15) is 17.5 Å². The van der Waals surface area contributed by atoms with Crippen LogP contribution < -0.4 is 10.6 Å². The van der Waals surface area contributed by atoms with Crippen LogP contribution in [0.15, 0.2) is 42.5 Å². The van der Waals surface area contributed by atoms with E-state index in [0.717, 1.165) is 10.8 Å². The molecule has 2 heterocycles. The molecule has 0 aromatic heterocycles. The van der Waals surface area contributed by atoms with Crippen LogP contribution in [0.1, 0.15) is 13.8 Å². The number of urea groups is 1. The summed E-state index contributed by atoms with van der Waals surface area (Å²) < 4.78 is -0.616. The summed E-state index contributed by atoms with van der Waals surface area (Å²) in [7, 11) is 0. The van der Waals surface area contributed by atoms with Crippen molar-refractivity contribution in [2.45, 2.75) is 36.1 Å². The molecule has 27 heavy (non-hydrogen) atoms. The fourth-order valence-corrected chi connectivity index (χ4v) is 5.40. The second-order valence-electron chi connectivity index (χ2n) is 7.20. The van der Waals surface area contributed by atoms with Gasteiger partial charge in [-0.1, -0.05) is 36.4 Å². The Morgan fingerprint density at radius 3 is 2.59 bits per heavy atom. The minimum absolute atomic E-state index is 0.362. The molecule has 0 radical (unpaired) electrons. The van der Waals surface area contributed by atoms with Gasteiger partial charge in [-0.15, -0.1) is 11.8 Å². The Bertz CT molecular complexity index is 956. The Morgan fingerprint density at radius 1 is 1.15 bits per heavy atom. The number of carboxylic acids is 1. The summed E-state index contributed by atoms with van der Waals surface area (Å²) in [5, 5.41) is 16.5. The first kappa shape index (κ1) is 17.7. The van der Waals surface area contributed by atoms with E-state index < -0.39 is 28.8 Å². The molecule has 7 nitrogen and oxygen atoms in total. The number of amides is 3. The molecule has 0 unspecified atom stereocenters. The lowest BCUT2D eigenvalue weighted by Crippen LogP contribution is -2.70. The van der Waals surface area contributed by atoms with Crippen molar-refractivity contribution in [3.8, 4) is 0 Å². The van der Waals surface area contributed by atoms with Crippen LogP contribution in [-0.2, 0) is 9.59 Å². The van der Waals surface area contributed by atoms with Gasteiger partial charge in [-0.2, -0.15) is 0 Å². The first-order chi connectivity index (χ1) is 12.8. The first-order valence-electron chi connectivity index (χ1n) is 8.58. The number of aliphatic carboxylic acids is 1. The molecule has 3 atom stereocenters. The monoisotopic (exact) mass is 385 g/mol. The van der Waals surface area contributed by atoms with Gasteiger partial charge in [0.2, 0.25) is 5.91 Å². The lowest BCUT2D eigenvalue weighted by atomic mass is 9.96. The molecular weight excluding hydrogens is 366 g/mol. The zero-order valence-electron chi connectivity index (χ0n) is 14.8. The van der Waals surface area contributed by atoms with Crippen LogP contribution in [0.25, 0.3) is 10.8 Å². The highest BCUT2D eigenvalue weighted by Crippen LogP contribution is 2.50. The summed E-state index contributed by atoms with van der Waals surface area (Å²) in [5.41, 5.74) is 0.650. The minimum Gasteiger partial charge on any atom is -0.480 e.